The minimum Gasteiger partial charge on any atom is -0.380 e. The van der Waals surface area contributed by atoms with Crippen LogP contribution in [0.3, 0.4) is 0 Å². The van der Waals surface area contributed by atoms with Gasteiger partial charge in [-0.1, -0.05) is 25.5 Å². The molecule has 0 saturated carbocycles. The van der Waals surface area contributed by atoms with Gasteiger partial charge in [0.25, 0.3) is 0 Å². The van der Waals surface area contributed by atoms with Gasteiger partial charge in [0.05, 0.1) is 13.0 Å². The summed E-state index contributed by atoms with van der Waals surface area (Å²) in [5.41, 5.74) is 1.35. The van der Waals surface area contributed by atoms with E-state index in [0.717, 1.165) is 24.8 Å². The number of unbranched alkanes of at least 4 members (excludes halogenated alkanes) is 1. The average molecular weight is 633 g/mol. The van der Waals surface area contributed by atoms with E-state index in [2.05, 4.69) is 16.0 Å². The molecule has 3 N–H and O–H groups in total. The van der Waals surface area contributed by atoms with Crippen LogP contribution in [0.2, 0.25) is 0 Å². The third-order valence-electron chi connectivity index (χ3n) is 7.48. The first kappa shape index (κ1) is 39.0. The fraction of sp³-hybridized carbons (Fsp3) is 0.625. The first-order valence-corrected chi connectivity index (χ1v) is 15.5. The minimum atomic E-state index is -0.362. The van der Waals surface area contributed by atoms with Crippen LogP contribution < -0.4 is 20.9 Å². The maximum Gasteiger partial charge on any atom is 0.317 e. The minimum absolute atomic E-state index is 0.0594. The Labute approximate surface area is 267 Å². The molecule has 1 unspecified atom stereocenters. The van der Waals surface area contributed by atoms with Crippen molar-refractivity contribution in [2.45, 2.75) is 58.8 Å². The lowest BCUT2D eigenvalue weighted by Crippen LogP contribution is -2.38. The summed E-state index contributed by atoms with van der Waals surface area (Å²) in [7, 11) is 6.47. The van der Waals surface area contributed by atoms with Crippen LogP contribution in [0.5, 0.6) is 0 Å². The van der Waals surface area contributed by atoms with Crippen molar-refractivity contribution in [3.05, 3.63) is 29.8 Å². The van der Waals surface area contributed by atoms with Crippen molar-refractivity contribution in [2.24, 2.45) is 5.92 Å². The number of ether oxygens (including phenoxy) is 1. The van der Waals surface area contributed by atoms with Gasteiger partial charge in [-0.15, -0.1) is 0 Å². The molecule has 252 valence electrons. The van der Waals surface area contributed by atoms with Crippen molar-refractivity contribution < 1.29 is 33.5 Å². The Bertz CT molecular complexity index is 1110. The summed E-state index contributed by atoms with van der Waals surface area (Å²) in [6.07, 6.45) is 3.25. The lowest BCUT2D eigenvalue weighted by Gasteiger charge is -2.21. The Hall–Kier alpha value is -4.00. The molecule has 0 fully saturated rings. The van der Waals surface area contributed by atoms with Gasteiger partial charge in [0.1, 0.15) is 12.2 Å². The van der Waals surface area contributed by atoms with E-state index in [0.29, 0.717) is 45.0 Å². The van der Waals surface area contributed by atoms with Gasteiger partial charge in [0, 0.05) is 79.0 Å². The number of anilines is 1. The lowest BCUT2D eigenvalue weighted by atomic mass is 10.0. The third-order valence-corrected chi connectivity index (χ3v) is 7.48. The second-order valence-corrected chi connectivity index (χ2v) is 11.2. The van der Waals surface area contributed by atoms with E-state index in [1.54, 1.807) is 57.2 Å². The second-order valence-electron chi connectivity index (χ2n) is 11.2. The molecule has 0 radical (unpaired) electrons. The third kappa shape index (κ3) is 16.6. The van der Waals surface area contributed by atoms with E-state index in [9.17, 15) is 28.8 Å². The molecule has 13 heteroatoms. The average Bonchev–Trinajstić information content (AvgIpc) is 3.01. The fourth-order valence-corrected chi connectivity index (χ4v) is 4.10. The van der Waals surface area contributed by atoms with Gasteiger partial charge in [-0.3, -0.25) is 24.0 Å². The number of Topliss-reactive ketones (excluding diaryl/α,β-unsaturated/α-hetero) is 1. The van der Waals surface area contributed by atoms with Crippen LogP contribution >= 0.6 is 0 Å². The number of nitrogens with zero attached hydrogens (tertiary/aromatic N) is 3. The van der Waals surface area contributed by atoms with Crippen molar-refractivity contribution >= 4 is 41.1 Å². The van der Waals surface area contributed by atoms with E-state index >= 15 is 0 Å². The molecule has 1 rings (SSSR count). The van der Waals surface area contributed by atoms with E-state index < -0.39 is 0 Å². The summed E-state index contributed by atoms with van der Waals surface area (Å²) < 4.78 is 5.62. The number of likely N-dealkylation sites (N-methyl/N-ethyl adjacent to an activating group) is 1. The number of hydrogen-bond donors (Lipinski definition) is 3. The van der Waals surface area contributed by atoms with Gasteiger partial charge in [0.2, 0.25) is 23.6 Å². The van der Waals surface area contributed by atoms with E-state index in [-0.39, 0.29) is 67.2 Å². The van der Waals surface area contributed by atoms with Gasteiger partial charge in [-0.05, 0) is 43.9 Å². The molecule has 45 heavy (non-hydrogen) atoms. The fourth-order valence-electron chi connectivity index (χ4n) is 4.10. The summed E-state index contributed by atoms with van der Waals surface area (Å²) in [4.78, 5) is 76.5. The molecule has 0 spiro atoms. The van der Waals surface area contributed by atoms with Crippen molar-refractivity contribution in [2.75, 3.05) is 72.5 Å². The Morgan fingerprint density at radius 3 is 2.13 bits per heavy atom. The van der Waals surface area contributed by atoms with Crippen LogP contribution in [-0.4, -0.2) is 113 Å². The lowest BCUT2D eigenvalue weighted by molar-refractivity contribution is -0.135. The predicted molar refractivity (Wildman–Crippen MR) is 173 cm³/mol. The summed E-state index contributed by atoms with van der Waals surface area (Å²) >= 11 is 0. The molecule has 0 saturated heterocycles. The number of nitrogens with one attached hydrogen (secondary N) is 3. The molecular formula is C32H52N6O7. The van der Waals surface area contributed by atoms with Gasteiger partial charge < -0.3 is 35.4 Å². The van der Waals surface area contributed by atoms with Gasteiger partial charge in [-0.25, -0.2) is 4.79 Å². The Kier molecular flexibility index (Phi) is 18.8. The number of urea groups is 1. The van der Waals surface area contributed by atoms with E-state index in [4.69, 9.17) is 4.74 Å². The topological polar surface area (TPSA) is 157 Å². The zero-order chi connectivity index (χ0) is 33.8. The zero-order valence-corrected chi connectivity index (χ0v) is 27.8. The number of amides is 6. The highest BCUT2D eigenvalue weighted by Gasteiger charge is 2.18. The number of carbonyl (C=O) groups is 6. The number of benzene rings is 1. The van der Waals surface area contributed by atoms with Crippen molar-refractivity contribution in [1.82, 2.24) is 25.8 Å². The highest BCUT2D eigenvalue weighted by molar-refractivity contribution is 6.04. The molecule has 0 aliphatic heterocycles. The van der Waals surface area contributed by atoms with Crippen LogP contribution in [-0.2, 0) is 35.1 Å². The van der Waals surface area contributed by atoms with Crippen LogP contribution in [0.15, 0.2) is 24.3 Å². The second kappa shape index (κ2) is 21.7. The monoisotopic (exact) mass is 632 g/mol. The number of hydrogen-bond acceptors (Lipinski definition) is 7. The summed E-state index contributed by atoms with van der Waals surface area (Å²) in [6, 6.07) is 6.77. The largest absolute Gasteiger partial charge is 0.380 e. The molecule has 0 heterocycles. The number of carbonyl (C=O) groups excluding carboxylic acids is 6. The van der Waals surface area contributed by atoms with Crippen LogP contribution in [0.1, 0.15) is 57.9 Å². The first-order chi connectivity index (χ1) is 21.3. The molecule has 1 aromatic rings. The Balaban J connectivity index is 2.25. The number of ketones is 1. The van der Waals surface area contributed by atoms with Gasteiger partial charge >= 0.3 is 6.03 Å². The maximum atomic E-state index is 12.7. The Morgan fingerprint density at radius 1 is 0.800 bits per heavy atom. The molecule has 1 aromatic carbocycles. The molecule has 1 atom stereocenters. The molecule has 0 aromatic heterocycles. The van der Waals surface area contributed by atoms with E-state index in [1.165, 1.54) is 16.8 Å². The molecule has 13 nitrogen and oxygen atoms in total. The normalized spacial score (nSPS) is 11.2. The van der Waals surface area contributed by atoms with Crippen LogP contribution in [0.4, 0.5) is 10.5 Å². The molecule has 0 aliphatic rings. The van der Waals surface area contributed by atoms with Crippen molar-refractivity contribution in [3.8, 4) is 0 Å². The maximum absolute atomic E-state index is 12.7. The molecular weight excluding hydrogens is 580 g/mol. The van der Waals surface area contributed by atoms with Crippen molar-refractivity contribution in [3.63, 3.8) is 0 Å². The highest BCUT2D eigenvalue weighted by atomic mass is 16.5. The summed E-state index contributed by atoms with van der Waals surface area (Å²) in [5, 5.41) is 8.07. The smallest absolute Gasteiger partial charge is 0.317 e. The van der Waals surface area contributed by atoms with E-state index in [1.807, 2.05) is 6.92 Å². The van der Waals surface area contributed by atoms with Gasteiger partial charge in [-0.2, -0.15) is 0 Å². The first-order valence-electron chi connectivity index (χ1n) is 15.5. The van der Waals surface area contributed by atoms with Crippen molar-refractivity contribution in [1.29, 1.82) is 0 Å². The highest BCUT2D eigenvalue weighted by Crippen LogP contribution is 2.16. The molecule has 0 bridgehead atoms. The quantitative estimate of drug-likeness (QED) is 0.138. The standard InChI is InChI=1S/C32H52N6O7/c1-24(25(2)39)10-7-8-16-35-32(44)37(5)18-9-20-45-21-19-36(4)30(42)23-31(43)38(6)27-13-11-26(12-14-27)22-29(41)34-17-15-28(40)33-3/h11-14,24H,7-10,15-23H2,1-6H3,(H,33,40)(H,34,41)(H,35,44). The summed E-state index contributed by atoms with van der Waals surface area (Å²) in [5.74, 6) is -0.791. The number of rotatable bonds is 21. The molecule has 6 amide bonds. The Morgan fingerprint density at radius 2 is 1.49 bits per heavy atom. The van der Waals surface area contributed by atoms with Gasteiger partial charge in [0.15, 0.2) is 0 Å². The SMILES string of the molecule is CNC(=O)CCNC(=O)Cc1ccc(N(C)C(=O)CC(=O)N(C)CCOCCCN(C)C(=O)NCCCCC(C)C(C)=O)cc1. The zero-order valence-electron chi connectivity index (χ0n) is 27.8. The van der Waals surface area contributed by atoms with Crippen LogP contribution in [0, 0.1) is 5.92 Å². The summed E-state index contributed by atoms with van der Waals surface area (Å²) in [6.45, 7) is 5.93. The molecule has 0 aliphatic carbocycles. The predicted octanol–water partition coefficient (Wildman–Crippen LogP) is 1.74. The van der Waals surface area contributed by atoms with Crippen LogP contribution in [0.25, 0.3) is 0 Å².